The van der Waals surface area contributed by atoms with E-state index in [-0.39, 0.29) is 47.6 Å². The molecule has 1 aromatic carbocycles. The lowest BCUT2D eigenvalue weighted by Gasteiger charge is -2.41. The zero-order valence-corrected chi connectivity index (χ0v) is 18.9. The highest BCUT2D eigenvalue weighted by Gasteiger charge is 2.52. The second kappa shape index (κ2) is 8.80. The Hall–Kier alpha value is -2.50. The first-order valence-electron chi connectivity index (χ1n) is 11.5. The highest BCUT2D eigenvalue weighted by atomic mass is 19.1. The molecule has 2 bridgehead atoms. The fraction of sp³-hybridized carbons (Fsp3) is 0.625. The smallest absolute Gasteiger partial charge is 0.241 e. The number of piperazine rings is 1. The van der Waals surface area contributed by atoms with Gasteiger partial charge in [-0.05, 0) is 42.4 Å². The summed E-state index contributed by atoms with van der Waals surface area (Å²) < 4.78 is 13.4. The van der Waals surface area contributed by atoms with Crippen molar-refractivity contribution >= 4 is 11.8 Å². The first-order valence-corrected chi connectivity index (χ1v) is 11.5. The minimum atomic E-state index is -0.755. The first-order chi connectivity index (χ1) is 15.2. The van der Waals surface area contributed by atoms with E-state index >= 15 is 0 Å². The Morgan fingerprint density at radius 2 is 1.94 bits per heavy atom. The van der Waals surface area contributed by atoms with Crippen molar-refractivity contribution in [1.82, 2.24) is 14.7 Å². The summed E-state index contributed by atoms with van der Waals surface area (Å²) in [5.41, 5.74) is 7.20. The summed E-state index contributed by atoms with van der Waals surface area (Å²) in [7, 11) is 0. The van der Waals surface area contributed by atoms with Crippen molar-refractivity contribution in [2.24, 2.45) is 17.6 Å². The summed E-state index contributed by atoms with van der Waals surface area (Å²) in [6, 6.07) is 7.07. The number of nitriles is 1. The van der Waals surface area contributed by atoms with E-state index in [9.17, 15) is 19.2 Å². The van der Waals surface area contributed by atoms with Crippen LogP contribution in [0.3, 0.4) is 0 Å². The topological polar surface area (TPSA) is 93.7 Å². The molecular weight excluding hydrogens is 409 g/mol. The summed E-state index contributed by atoms with van der Waals surface area (Å²) in [5.74, 6) is 0.0173. The number of halogens is 1. The molecular formula is C24H32FN5O2. The molecule has 8 heteroatoms. The van der Waals surface area contributed by atoms with E-state index in [0.717, 1.165) is 5.56 Å². The SMILES string of the molecule is CC1CC(C#N)N(C(=O)C(N)CN2C[C@@H]3CC2C(=O)N3C(c2ccc(F)cc2)C(C)C)C1. The van der Waals surface area contributed by atoms with Crippen LogP contribution in [0.4, 0.5) is 4.39 Å². The molecule has 1 aromatic rings. The van der Waals surface area contributed by atoms with Crippen LogP contribution in [0.1, 0.15) is 45.2 Å². The number of benzene rings is 1. The van der Waals surface area contributed by atoms with Crippen molar-refractivity contribution in [3.63, 3.8) is 0 Å². The van der Waals surface area contributed by atoms with Crippen LogP contribution >= 0.6 is 0 Å². The number of fused-ring (bicyclic) bond motifs is 2. The number of likely N-dealkylation sites (tertiary alicyclic amines) is 3. The molecule has 0 radical (unpaired) electrons. The summed E-state index contributed by atoms with van der Waals surface area (Å²) in [6.07, 6.45) is 1.39. The Kier molecular flexibility index (Phi) is 6.24. The van der Waals surface area contributed by atoms with Crippen molar-refractivity contribution in [3.05, 3.63) is 35.6 Å². The van der Waals surface area contributed by atoms with Gasteiger partial charge in [-0.15, -0.1) is 0 Å². The normalized spacial score (nSPS) is 29.6. The highest BCUT2D eigenvalue weighted by Crippen LogP contribution is 2.41. The third kappa shape index (κ3) is 4.00. The van der Waals surface area contributed by atoms with E-state index in [0.29, 0.717) is 32.5 Å². The molecule has 3 aliphatic heterocycles. The Labute approximate surface area is 188 Å². The van der Waals surface area contributed by atoms with E-state index in [1.807, 2.05) is 16.7 Å². The lowest BCUT2D eigenvalue weighted by atomic mass is 9.93. The van der Waals surface area contributed by atoms with Gasteiger partial charge in [0.15, 0.2) is 0 Å². The molecule has 32 heavy (non-hydrogen) atoms. The number of nitrogens with two attached hydrogens (primary N) is 1. The van der Waals surface area contributed by atoms with Crippen molar-refractivity contribution in [3.8, 4) is 6.07 Å². The second-order valence-corrected chi connectivity index (χ2v) is 9.93. The maximum absolute atomic E-state index is 13.4. The number of hydrogen-bond donors (Lipinski definition) is 1. The molecule has 4 rings (SSSR count). The molecule has 0 spiro atoms. The van der Waals surface area contributed by atoms with Crippen LogP contribution in [0.25, 0.3) is 0 Å². The van der Waals surface area contributed by atoms with Crippen LogP contribution in [0.5, 0.6) is 0 Å². The van der Waals surface area contributed by atoms with Gasteiger partial charge in [0.1, 0.15) is 11.9 Å². The predicted octanol–water partition coefficient (Wildman–Crippen LogP) is 1.90. The van der Waals surface area contributed by atoms with Gasteiger partial charge < -0.3 is 15.5 Å². The number of amides is 2. The lowest BCUT2D eigenvalue weighted by molar-refractivity contribution is -0.142. The van der Waals surface area contributed by atoms with E-state index in [4.69, 9.17) is 5.73 Å². The quantitative estimate of drug-likeness (QED) is 0.728. The van der Waals surface area contributed by atoms with Crippen LogP contribution in [-0.4, -0.2) is 70.3 Å². The monoisotopic (exact) mass is 441 g/mol. The van der Waals surface area contributed by atoms with E-state index in [1.54, 1.807) is 17.0 Å². The Bertz CT molecular complexity index is 914. The third-order valence-electron chi connectivity index (χ3n) is 7.15. The van der Waals surface area contributed by atoms with E-state index in [2.05, 4.69) is 19.9 Å². The number of hydrogen-bond acceptors (Lipinski definition) is 5. The molecule has 0 aliphatic carbocycles. The molecule has 3 aliphatic rings. The summed E-state index contributed by atoms with van der Waals surface area (Å²) in [5, 5.41) is 9.36. The average molecular weight is 442 g/mol. The second-order valence-electron chi connectivity index (χ2n) is 9.93. The first kappa shape index (κ1) is 22.7. The third-order valence-corrected chi connectivity index (χ3v) is 7.15. The van der Waals surface area contributed by atoms with Gasteiger partial charge in [-0.25, -0.2) is 4.39 Å². The molecule has 2 amide bonds. The van der Waals surface area contributed by atoms with Gasteiger partial charge in [0.25, 0.3) is 0 Å². The molecule has 0 saturated carbocycles. The molecule has 7 nitrogen and oxygen atoms in total. The van der Waals surface area contributed by atoms with Gasteiger partial charge in [0.2, 0.25) is 11.8 Å². The van der Waals surface area contributed by atoms with Crippen molar-refractivity contribution in [2.45, 2.75) is 63.8 Å². The Morgan fingerprint density at radius 1 is 1.25 bits per heavy atom. The van der Waals surface area contributed by atoms with E-state index < -0.39 is 12.1 Å². The number of carbonyl (C=O) groups is 2. The lowest BCUT2D eigenvalue weighted by Crippen LogP contribution is -2.57. The minimum absolute atomic E-state index is 0.0471. The molecule has 3 fully saturated rings. The zero-order chi connectivity index (χ0) is 23.2. The van der Waals surface area contributed by atoms with Crippen molar-refractivity contribution in [2.75, 3.05) is 19.6 Å². The standard InChI is InChI=1S/C24H32FN5O2/c1-14(2)22(16-4-6-17(25)7-5-16)30-19-9-21(24(30)32)28(12-19)13-20(27)23(31)29-11-15(3)8-18(29)10-26/h4-7,14-15,18-22H,8-9,11-13,27H2,1-3H3/t15?,18?,19-,20?,21?,22?/m0/s1. The number of carbonyl (C=O) groups excluding carboxylic acids is 2. The van der Waals surface area contributed by atoms with Crippen LogP contribution < -0.4 is 5.73 Å². The van der Waals surface area contributed by atoms with Gasteiger partial charge in [-0.2, -0.15) is 5.26 Å². The fourth-order valence-electron chi connectivity index (χ4n) is 5.74. The van der Waals surface area contributed by atoms with Gasteiger partial charge in [0, 0.05) is 25.7 Å². The predicted molar refractivity (Wildman–Crippen MR) is 117 cm³/mol. The van der Waals surface area contributed by atoms with Crippen LogP contribution in [0.15, 0.2) is 24.3 Å². The van der Waals surface area contributed by atoms with Gasteiger partial charge >= 0.3 is 0 Å². The molecule has 5 unspecified atom stereocenters. The van der Waals surface area contributed by atoms with Gasteiger partial charge in [-0.3, -0.25) is 14.5 Å². The summed E-state index contributed by atoms with van der Waals surface area (Å²) in [4.78, 5) is 31.8. The molecule has 172 valence electrons. The Morgan fingerprint density at radius 3 is 2.53 bits per heavy atom. The van der Waals surface area contributed by atoms with Crippen LogP contribution in [0, 0.1) is 29.0 Å². The summed E-state index contributed by atoms with van der Waals surface area (Å²) in [6.45, 7) is 7.70. The maximum atomic E-state index is 13.4. The highest BCUT2D eigenvalue weighted by molar-refractivity contribution is 5.87. The number of rotatable bonds is 6. The molecule has 3 saturated heterocycles. The molecule has 6 atom stereocenters. The largest absolute Gasteiger partial charge is 0.330 e. The van der Waals surface area contributed by atoms with E-state index in [1.165, 1.54) is 12.1 Å². The maximum Gasteiger partial charge on any atom is 0.241 e. The van der Waals surface area contributed by atoms with Crippen molar-refractivity contribution in [1.29, 1.82) is 5.26 Å². The molecule has 3 heterocycles. The van der Waals surface area contributed by atoms with Crippen LogP contribution in [0.2, 0.25) is 0 Å². The molecule has 0 aromatic heterocycles. The average Bonchev–Trinajstić information content (AvgIpc) is 3.42. The number of nitrogens with zero attached hydrogens (tertiary/aromatic N) is 4. The van der Waals surface area contributed by atoms with Crippen molar-refractivity contribution < 1.29 is 14.0 Å². The zero-order valence-electron chi connectivity index (χ0n) is 18.9. The molecule has 2 N–H and O–H groups in total. The van der Waals surface area contributed by atoms with Gasteiger partial charge in [-0.1, -0.05) is 32.9 Å². The van der Waals surface area contributed by atoms with Crippen LogP contribution in [-0.2, 0) is 9.59 Å². The fourth-order valence-corrected chi connectivity index (χ4v) is 5.74. The van der Waals surface area contributed by atoms with Gasteiger partial charge in [0.05, 0.1) is 24.2 Å². The minimum Gasteiger partial charge on any atom is -0.330 e. The summed E-state index contributed by atoms with van der Waals surface area (Å²) >= 11 is 0. The Balaban J connectivity index is 1.44.